The fourth-order valence-corrected chi connectivity index (χ4v) is 3.91. The molecule has 1 aliphatic heterocycles. The van der Waals surface area contributed by atoms with Crippen LogP contribution in [0.2, 0.25) is 0 Å². The van der Waals surface area contributed by atoms with E-state index in [1.807, 2.05) is 0 Å². The number of nitrogens with zero attached hydrogens (tertiary/aromatic N) is 2. The van der Waals surface area contributed by atoms with Gasteiger partial charge in [0.2, 0.25) is 0 Å². The lowest BCUT2D eigenvalue weighted by Crippen LogP contribution is -2.47. The lowest BCUT2D eigenvalue weighted by Gasteiger charge is -2.40. The molecule has 1 N–H and O–H groups in total. The number of hydrogen-bond acceptors (Lipinski definition) is 4. The molecule has 0 aliphatic carbocycles. The standard InChI is InChI=1S/C15H20N2OS/c1-10-7-12(18)8-11(2)17(10)9-14-13-5-3-4-6-15(13)19-16-14/h3-6,10-12,18H,7-9H2,1-2H3/t10-,11-/m1/s1. The Morgan fingerprint density at radius 3 is 2.68 bits per heavy atom. The van der Waals surface area contributed by atoms with Gasteiger partial charge in [-0.25, -0.2) is 0 Å². The monoisotopic (exact) mass is 276 g/mol. The van der Waals surface area contributed by atoms with Crippen LogP contribution in [0, 0.1) is 0 Å². The highest BCUT2D eigenvalue weighted by Gasteiger charge is 2.30. The summed E-state index contributed by atoms with van der Waals surface area (Å²) in [5.41, 5.74) is 1.18. The van der Waals surface area contributed by atoms with E-state index in [4.69, 9.17) is 0 Å². The lowest BCUT2D eigenvalue weighted by atomic mass is 9.94. The lowest BCUT2D eigenvalue weighted by molar-refractivity contribution is 0.00835. The second-order valence-electron chi connectivity index (χ2n) is 5.62. The molecule has 2 heterocycles. The van der Waals surface area contributed by atoms with E-state index in [0.29, 0.717) is 12.1 Å². The Bertz CT molecular complexity index is 556. The van der Waals surface area contributed by atoms with Gasteiger partial charge in [0.05, 0.1) is 16.5 Å². The molecule has 2 atom stereocenters. The molecule has 0 saturated carbocycles. The summed E-state index contributed by atoms with van der Waals surface area (Å²) in [5, 5.41) is 11.1. The van der Waals surface area contributed by atoms with Gasteiger partial charge >= 0.3 is 0 Å². The molecule has 1 saturated heterocycles. The summed E-state index contributed by atoms with van der Waals surface area (Å²) in [4.78, 5) is 2.47. The van der Waals surface area contributed by atoms with Crippen molar-refractivity contribution in [2.75, 3.05) is 0 Å². The van der Waals surface area contributed by atoms with Crippen molar-refractivity contribution in [3.8, 4) is 0 Å². The maximum atomic E-state index is 9.83. The summed E-state index contributed by atoms with van der Waals surface area (Å²) in [6, 6.07) is 9.25. The zero-order valence-electron chi connectivity index (χ0n) is 11.4. The molecule has 0 bridgehead atoms. The third kappa shape index (κ3) is 2.53. The summed E-state index contributed by atoms with van der Waals surface area (Å²) in [6.07, 6.45) is 1.59. The van der Waals surface area contributed by atoms with E-state index in [9.17, 15) is 5.11 Å². The number of benzene rings is 1. The van der Waals surface area contributed by atoms with Crippen molar-refractivity contribution >= 4 is 21.6 Å². The van der Waals surface area contributed by atoms with Gasteiger partial charge in [-0.05, 0) is 44.3 Å². The molecular weight excluding hydrogens is 256 g/mol. The Morgan fingerprint density at radius 2 is 1.95 bits per heavy atom. The Labute approximate surface area is 118 Å². The van der Waals surface area contributed by atoms with Crippen LogP contribution in [0.15, 0.2) is 24.3 Å². The molecular formula is C15H20N2OS. The third-order valence-corrected chi connectivity index (χ3v) is 5.01. The van der Waals surface area contributed by atoms with Crippen LogP contribution >= 0.6 is 11.5 Å². The summed E-state index contributed by atoms with van der Waals surface area (Å²) in [6.45, 7) is 5.29. The number of aliphatic hydroxyl groups excluding tert-OH is 1. The van der Waals surface area contributed by atoms with Gasteiger partial charge in [0.15, 0.2) is 0 Å². The van der Waals surface area contributed by atoms with Crippen molar-refractivity contribution in [3.63, 3.8) is 0 Å². The van der Waals surface area contributed by atoms with Gasteiger partial charge in [0, 0.05) is 24.0 Å². The first-order valence-corrected chi connectivity index (χ1v) is 7.69. The van der Waals surface area contributed by atoms with Crippen molar-refractivity contribution in [2.45, 2.75) is 51.4 Å². The minimum atomic E-state index is -0.145. The number of fused-ring (bicyclic) bond motifs is 1. The van der Waals surface area contributed by atoms with Crippen molar-refractivity contribution in [2.24, 2.45) is 0 Å². The largest absolute Gasteiger partial charge is 0.393 e. The summed E-state index contributed by atoms with van der Waals surface area (Å²) in [5.74, 6) is 0. The van der Waals surface area contributed by atoms with E-state index in [2.05, 4.69) is 47.4 Å². The normalized spacial score (nSPS) is 28.9. The second kappa shape index (κ2) is 5.19. The van der Waals surface area contributed by atoms with Crippen LogP contribution in [-0.4, -0.2) is 32.6 Å². The minimum Gasteiger partial charge on any atom is -0.393 e. The smallest absolute Gasteiger partial charge is 0.0761 e. The number of aliphatic hydroxyl groups is 1. The summed E-state index contributed by atoms with van der Waals surface area (Å²) in [7, 11) is 0. The average molecular weight is 276 g/mol. The van der Waals surface area contributed by atoms with E-state index in [1.165, 1.54) is 15.8 Å². The van der Waals surface area contributed by atoms with Gasteiger partial charge < -0.3 is 5.11 Å². The highest BCUT2D eigenvalue weighted by atomic mass is 32.1. The highest BCUT2D eigenvalue weighted by molar-refractivity contribution is 7.13. The van der Waals surface area contributed by atoms with Crippen LogP contribution in [-0.2, 0) is 6.54 Å². The molecule has 1 aromatic carbocycles. The van der Waals surface area contributed by atoms with Crippen molar-refractivity contribution < 1.29 is 5.11 Å². The Balaban J connectivity index is 1.84. The Morgan fingerprint density at radius 1 is 1.26 bits per heavy atom. The van der Waals surface area contributed by atoms with Crippen LogP contribution in [0.5, 0.6) is 0 Å². The first-order valence-electron chi connectivity index (χ1n) is 6.92. The van der Waals surface area contributed by atoms with Crippen LogP contribution in [0.4, 0.5) is 0 Å². The molecule has 1 fully saturated rings. The van der Waals surface area contributed by atoms with Crippen molar-refractivity contribution in [1.82, 2.24) is 9.27 Å². The SMILES string of the molecule is C[C@@H]1CC(O)C[C@@H](C)N1Cc1nsc2ccccc12. The third-order valence-electron chi connectivity index (χ3n) is 4.14. The van der Waals surface area contributed by atoms with E-state index in [0.717, 1.165) is 19.4 Å². The number of likely N-dealkylation sites (tertiary alicyclic amines) is 1. The summed E-state index contributed by atoms with van der Waals surface area (Å²) >= 11 is 1.58. The minimum absolute atomic E-state index is 0.145. The molecule has 3 nitrogen and oxygen atoms in total. The van der Waals surface area contributed by atoms with Crippen molar-refractivity contribution in [1.29, 1.82) is 0 Å². The molecule has 19 heavy (non-hydrogen) atoms. The van der Waals surface area contributed by atoms with E-state index in [1.54, 1.807) is 11.5 Å². The molecule has 4 heteroatoms. The van der Waals surface area contributed by atoms with Crippen LogP contribution < -0.4 is 0 Å². The molecule has 0 radical (unpaired) electrons. The number of piperidine rings is 1. The van der Waals surface area contributed by atoms with Gasteiger partial charge in [-0.3, -0.25) is 4.90 Å². The Kier molecular flexibility index (Phi) is 3.56. The molecule has 0 spiro atoms. The van der Waals surface area contributed by atoms with Crippen LogP contribution in [0.1, 0.15) is 32.4 Å². The van der Waals surface area contributed by atoms with E-state index < -0.39 is 0 Å². The average Bonchev–Trinajstić information content (AvgIpc) is 2.77. The number of aromatic nitrogens is 1. The quantitative estimate of drug-likeness (QED) is 0.916. The maximum absolute atomic E-state index is 9.83. The predicted octanol–water partition coefficient (Wildman–Crippen LogP) is 3.03. The first kappa shape index (κ1) is 13.0. The number of rotatable bonds is 2. The molecule has 2 aromatic rings. The summed E-state index contributed by atoms with van der Waals surface area (Å²) < 4.78 is 5.87. The highest BCUT2D eigenvalue weighted by Crippen LogP contribution is 2.28. The van der Waals surface area contributed by atoms with E-state index >= 15 is 0 Å². The van der Waals surface area contributed by atoms with Gasteiger partial charge in [0.25, 0.3) is 0 Å². The van der Waals surface area contributed by atoms with Crippen LogP contribution in [0.3, 0.4) is 0 Å². The van der Waals surface area contributed by atoms with Gasteiger partial charge in [-0.2, -0.15) is 4.37 Å². The zero-order chi connectivity index (χ0) is 13.4. The zero-order valence-corrected chi connectivity index (χ0v) is 12.2. The molecule has 102 valence electrons. The maximum Gasteiger partial charge on any atom is 0.0761 e. The molecule has 0 amide bonds. The second-order valence-corrected chi connectivity index (χ2v) is 6.43. The fourth-order valence-electron chi connectivity index (χ4n) is 3.13. The van der Waals surface area contributed by atoms with Crippen LogP contribution in [0.25, 0.3) is 10.1 Å². The molecule has 1 aliphatic rings. The topological polar surface area (TPSA) is 36.4 Å². The first-order chi connectivity index (χ1) is 9.15. The van der Waals surface area contributed by atoms with Gasteiger partial charge in [-0.15, -0.1) is 0 Å². The van der Waals surface area contributed by atoms with Gasteiger partial charge in [-0.1, -0.05) is 18.2 Å². The molecule has 1 aromatic heterocycles. The molecule has 3 rings (SSSR count). The molecule has 0 unspecified atom stereocenters. The fraction of sp³-hybridized carbons (Fsp3) is 0.533. The van der Waals surface area contributed by atoms with E-state index in [-0.39, 0.29) is 6.10 Å². The Hall–Kier alpha value is -0.970. The van der Waals surface area contributed by atoms with Crippen molar-refractivity contribution in [3.05, 3.63) is 30.0 Å². The van der Waals surface area contributed by atoms with Gasteiger partial charge in [0.1, 0.15) is 0 Å². The number of hydrogen-bond donors (Lipinski definition) is 1. The predicted molar refractivity (Wildman–Crippen MR) is 79.3 cm³/mol.